The van der Waals surface area contributed by atoms with E-state index in [9.17, 15) is 9.59 Å². The maximum absolute atomic E-state index is 12.3. The second kappa shape index (κ2) is 7.05. The number of rotatable bonds is 5. The second-order valence-corrected chi connectivity index (χ2v) is 6.47. The molecule has 0 saturated carbocycles. The Morgan fingerprint density at radius 2 is 2.00 bits per heavy atom. The number of quaternary nitrogens is 1. The van der Waals surface area contributed by atoms with Crippen LogP contribution in [0.15, 0.2) is 39.9 Å². The number of aromatic nitrogens is 2. The Morgan fingerprint density at radius 3 is 2.71 bits per heavy atom. The number of anilines is 1. The number of hydrogen-bond acceptors (Lipinski definition) is 3. The highest BCUT2D eigenvalue weighted by molar-refractivity contribution is 5.44. The predicted octanol–water partition coefficient (Wildman–Crippen LogP) is 0.346. The molecule has 2 atom stereocenters. The SMILES string of the molecule is CC[C@H](C)[NH+]1CNc2c(c(=O)[nH]c(=O)n2CCc2ccccc2)C1. The molecule has 3 rings (SSSR count). The minimum atomic E-state index is -0.339. The Labute approximate surface area is 141 Å². The summed E-state index contributed by atoms with van der Waals surface area (Å²) >= 11 is 0. The molecule has 24 heavy (non-hydrogen) atoms. The quantitative estimate of drug-likeness (QED) is 0.741. The van der Waals surface area contributed by atoms with E-state index in [0.29, 0.717) is 30.5 Å². The molecule has 6 heteroatoms. The Hall–Kier alpha value is -2.34. The van der Waals surface area contributed by atoms with Crippen molar-refractivity contribution in [1.29, 1.82) is 0 Å². The van der Waals surface area contributed by atoms with E-state index in [0.717, 1.165) is 19.5 Å². The monoisotopic (exact) mass is 329 g/mol. The highest BCUT2D eigenvalue weighted by Crippen LogP contribution is 2.12. The van der Waals surface area contributed by atoms with Crippen LogP contribution >= 0.6 is 0 Å². The molecule has 1 aliphatic heterocycles. The third-order valence-electron chi connectivity index (χ3n) is 4.96. The van der Waals surface area contributed by atoms with Crippen LogP contribution in [0.25, 0.3) is 0 Å². The summed E-state index contributed by atoms with van der Waals surface area (Å²) in [6.45, 7) is 6.27. The van der Waals surface area contributed by atoms with Gasteiger partial charge in [0.05, 0.1) is 6.04 Å². The minimum Gasteiger partial charge on any atom is -0.324 e. The molecule has 0 radical (unpaired) electrons. The smallest absolute Gasteiger partial charge is 0.324 e. The van der Waals surface area contributed by atoms with Crippen molar-refractivity contribution in [3.05, 3.63) is 62.3 Å². The number of nitrogens with zero attached hydrogens (tertiary/aromatic N) is 1. The van der Waals surface area contributed by atoms with E-state index in [1.165, 1.54) is 10.5 Å². The molecule has 3 N–H and O–H groups in total. The lowest BCUT2D eigenvalue weighted by molar-refractivity contribution is -0.935. The predicted molar refractivity (Wildman–Crippen MR) is 94.4 cm³/mol. The van der Waals surface area contributed by atoms with Gasteiger partial charge >= 0.3 is 5.69 Å². The molecule has 0 amide bonds. The number of H-pyrrole nitrogens is 1. The van der Waals surface area contributed by atoms with E-state index < -0.39 is 0 Å². The normalized spacial score (nSPS) is 17.8. The summed E-state index contributed by atoms with van der Waals surface area (Å²) in [4.78, 5) is 28.3. The summed E-state index contributed by atoms with van der Waals surface area (Å²) in [7, 11) is 0. The van der Waals surface area contributed by atoms with Gasteiger partial charge in [0.15, 0.2) is 6.67 Å². The van der Waals surface area contributed by atoms with Crippen LogP contribution in [0.4, 0.5) is 5.82 Å². The largest absolute Gasteiger partial charge is 0.329 e. The maximum Gasteiger partial charge on any atom is 0.329 e. The van der Waals surface area contributed by atoms with Crippen molar-refractivity contribution < 1.29 is 4.90 Å². The number of hydrogen-bond donors (Lipinski definition) is 3. The van der Waals surface area contributed by atoms with Crippen molar-refractivity contribution in [3.8, 4) is 0 Å². The van der Waals surface area contributed by atoms with E-state index in [2.05, 4.69) is 24.1 Å². The molecule has 6 nitrogen and oxygen atoms in total. The highest BCUT2D eigenvalue weighted by Gasteiger charge is 2.27. The molecule has 128 valence electrons. The Bertz CT molecular complexity index is 810. The fourth-order valence-electron chi connectivity index (χ4n) is 3.20. The molecule has 2 heterocycles. The van der Waals surface area contributed by atoms with E-state index in [-0.39, 0.29) is 11.2 Å². The van der Waals surface area contributed by atoms with Gasteiger partial charge in [-0.2, -0.15) is 0 Å². The molecule has 0 aliphatic carbocycles. The number of aryl methyl sites for hydroxylation is 1. The fraction of sp³-hybridized carbons (Fsp3) is 0.444. The van der Waals surface area contributed by atoms with Crippen LogP contribution in [0, 0.1) is 0 Å². The summed E-state index contributed by atoms with van der Waals surface area (Å²) in [6, 6.07) is 10.5. The van der Waals surface area contributed by atoms with Gasteiger partial charge in [0.2, 0.25) is 0 Å². The minimum absolute atomic E-state index is 0.265. The Balaban J connectivity index is 1.89. The second-order valence-electron chi connectivity index (χ2n) is 6.47. The summed E-state index contributed by atoms with van der Waals surface area (Å²) in [5.41, 5.74) is 1.25. The van der Waals surface area contributed by atoms with Gasteiger partial charge in [-0.15, -0.1) is 0 Å². The van der Waals surface area contributed by atoms with Gasteiger partial charge in [-0.1, -0.05) is 37.3 Å². The van der Waals surface area contributed by atoms with Crippen molar-refractivity contribution in [1.82, 2.24) is 9.55 Å². The van der Waals surface area contributed by atoms with Gasteiger partial charge in [-0.25, -0.2) is 4.79 Å². The Morgan fingerprint density at radius 1 is 1.25 bits per heavy atom. The average molecular weight is 329 g/mol. The van der Waals surface area contributed by atoms with Gasteiger partial charge in [0, 0.05) is 6.54 Å². The van der Waals surface area contributed by atoms with E-state index >= 15 is 0 Å². The number of benzene rings is 1. The first-order chi connectivity index (χ1) is 11.6. The molecular formula is C18H25N4O2+. The standard InChI is InChI=1S/C18H24N4O2/c1-3-13(2)21-11-15-16(19-12-21)22(18(24)20-17(15)23)10-9-14-7-5-4-6-8-14/h4-8,13,19H,3,9-12H2,1-2H3,(H,20,23,24)/p+1/t13-/m0/s1. The molecule has 2 aromatic rings. The van der Waals surface area contributed by atoms with E-state index in [1.807, 2.05) is 30.3 Å². The van der Waals surface area contributed by atoms with Crippen LogP contribution in [0.1, 0.15) is 31.4 Å². The van der Waals surface area contributed by atoms with Gasteiger partial charge in [-0.05, 0) is 25.3 Å². The maximum atomic E-state index is 12.3. The third-order valence-corrected chi connectivity index (χ3v) is 4.96. The summed E-state index contributed by atoms with van der Waals surface area (Å²) in [5.74, 6) is 0.687. The number of aromatic amines is 1. The Kier molecular flexibility index (Phi) is 4.85. The number of fused-ring (bicyclic) bond motifs is 1. The zero-order valence-electron chi connectivity index (χ0n) is 14.3. The van der Waals surface area contributed by atoms with Gasteiger partial charge in [-0.3, -0.25) is 14.3 Å². The lowest BCUT2D eigenvalue weighted by Crippen LogP contribution is -3.16. The molecule has 0 fully saturated rings. The molecule has 1 aromatic carbocycles. The third kappa shape index (κ3) is 3.28. The lowest BCUT2D eigenvalue weighted by Gasteiger charge is -2.31. The van der Waals surface area contributed by atoms with Gasteiger partial charge in [0.1, 0.15) is 17.9 Å². The zero-order valence-corrected chi connectivity index (χ0v) is 14.3. The van der Waals surface area contributed by atoms with Gasteiger partial charge < -0.3 is 10.2 Å². The summed E-state index contributed by atoms with van der Waals surface area (Å²) < 4.78 is 1.66. The highest BCUT2D eigenvalue weighted by atomic mass is 16.2. The molecule has 0 spiro atoms. The average Bonchev–Trinajstić information content (AvgIpc) is 2.61. The fourth-order valence-corrected chi connectivity index (χ4v) is 3.20. The molecule has 1 aliphatic rings. The van der Waals surface area contributed by atoms with Crippen LogP contribution in [-0.2, 0) is 19.5 Å². The molecule has 0 bridgehead atoms. The first kappa shape index (κ1) is 16.5. The van der Waals surface area contributed by atoms with Crippen molar-refractivity contribution in [2.45, 2.75) is 45.8 Å². The lowest BCUT2D eigenvalue weighted by atomic mass is 10.1. The first-order valence-corrected chi connectivity index (χ1v) is 8.58. The first-order valence-electron chi connectivity index (χ1n) is 8.58. The van der Waals surface area contributed by atoms with Crippen LogP contribution in [0.2, 0.25) is 0 Å². The molecule has 1 unspecified atom stereocenters. The van der Waals surface area contributed by atoms with Crippen LogP contribution in [0.3, 0.4) is 0 Å². The topological polar surface area (TPSA) is 71.3 Å². The van der Waals surface area contributed by atoms with Crippen molar-refractivity contribution >= 4 is 5.82 Å². The van der Waals surface area contributed by atoms with Crippen LogP contribution < -0.4 is 21.5 Å². The molecule has 1 aromatic heterocycles. The van der Waals surface area contributed by atoms with Crippen molar-refractivity contribution in [3.63, 3.8) is 0 Å². The zero-order chi connectivity index (χ0) is 17.1. The summed E-state index contributed by atoms with van der Waals surface area (Å²) in [6.07, 6.45) is 1.81. The molecular weight excluding hydrogens is 304 g/mol. The van der Waals surface area contributed by atoms with E-state index in [4.69, 9.17) is 0 Å². The van der Waals surface area contributed by atoms with Gasteiger partial charge in [0.25, 0.3) is 5.56 Å². The van der Waals surface area contributed by atoms with Crippen molar-refractivity contribution in [2.24, 2.45) is 0 Å². The van der Waals surface area contributed by atoms with Crippen LogP contribution in [-0.4, -0.2) is 22.3 Å². The van der Waals surface area contributed by atoms with E-state index in [1.54, 1.807) is 4.57 Å². The summed E-state index contributed by atoms with van der Waals surface area (Å²) in [5, 5.41) is 3.32. The van der Waals surface area contributed by atoms with Crippen LogP contribution in [0.5, 0.6) is 0 Å². The number of nitrogens with one attached hydrogen (secondary N) is 3. The van der Waals surface area contributed by atoms with Crippen molar-refractivity contribution in [2.75, 3.05) is 12.0 Å². The molecule has 0 saturated heterocycles.